The zero-order valence-corrected chi connectivity index (χ0v) is 11.3. The molecule has 2 aromatic rings. The van der Waals surface area contributed by atoms with Crippen molar-refractivity contribution >= 4 is 5.97 Å². The van der Waals surface area contributed by atoms with Gasteiger partial charge in [0.15, 0.2) is 0 Å². The summed E-state index contributed by atoms with van der Waals surface area (Å²) in [6.07, 6.45) is 0. The summed E-state index contributed by atoms with van der Waals surface area (Å²) in [7, 11) is 0. The predicted molar refractivity (Wildman–Crippen MR) is 73.6 cm³/mol. The summed E-state index contributed by atoms with van der Waals surface area (Å²) in [6.45, 7) is 1.66. The lowest BCUT2D eigenvalue weighted by Crippen LogP contribution is -2.05. The number of rotatable bonds is 4. The van der Waals surface area contributed by atoms with E-state index in [1.54, 1.807) is 19.1 Å². The smallest absolute Gasteiger partial charge is 0.339 e. The first-order valence-corrected chi connectivity index (χ1v) is 6.16. The topological polar surface area (TPSA) is 70.3 Å². The second kappa shape index (κ2) is 6.06. The fourth-order valence-corrected chi connectivity index (χ4v) is 1.83. The molecule has 0 aliphatic heterocycles. The minimum absolute atomic E-state index is 0.0315. The summed E-state index contributed by atoms with van der Waals surface area (Å²) in [5.74, 6) is -1.48. The fourth-order valence-electron chi connectivity index (χ4n) is 1.83. The fraction of sp³-hybridized carbons (Fsp3) is 0.125. The third kappa shape index (κ3) is 3.37. The van der Waals surface area contributed by atoms with E-state index in [2.05, 4.69) is 0 Å². The number of aryl methyl sites for hydroxylation is 1. The van der Waals surface area contributed by atoms with E-state index in [9.17, 15) is 9.18 Å². The third-order valence-electron chi connectivity index (χ3n) is 2.93. The molecule has 5 heteroatoms. The number of hydrogen-bond donors (Lipinski definition) is 1. The predicted octanol–water partition coefficient (Wildman–Crippen LogP) is 3.28. The summed E-state index contributed by atoms with van der Waals surface area (Å²) >= 11 is 0. The molecule has 2 aromatic carbocycles. The van der Waals surface area contributed by atoms with E-state index in [4.69, 9.17) is 15.1 Å². The van der Waals surface area contributed by atoms with Gasteiger partial charge in [0.05, 0.1) is 11.6 Å². The van der Waals surface area contributed by atoms with Gasteiger partial charge in [-0.3, -0.25) is 0 Å². The van der Waals surface area contributed by atoms with Crippen LogP contribution in [0.2, 0.25) is 0 Å². The second-order valence-electron chi connectivity index (χ2n) is 4.51. The molecule has 0 amide bonds. The van der Waals surface area contributed by atoms with Gasteiger partial charge in [-0.2, -0.15) is 5.26 Å². The molecule has 4 nitrogen and oxygen atoms in total. The number of aromatic carboxylic acids is 1. The Balaban J connectivity index is 2.21. The number of halogens is 1. The molecular formula is C16H12FNO3. The Kier molecular flexibility index (Phi) is 4.19. The van der Waals surface area contributed by atoms with E-state index in [1.165, 1.54) is 18.2 Å². The van der Waals surface area contributed by atoms with Gasteiger partial charge >= 0.3 is 5.97 Å². The second-order valence-corrected chi connectivity index (χ2v) is 4.51. The van der Waals surface area contributed by atoms with Crippen molar-refractivity contribution < 1.29 is 19.0 Å². The van der Waals surface area contributed by atoms with E-state index >= 15 is 0 Å². The highest BCUT2D eigenvalue weighted by Crippen LogP contribution is 2.22. The van der Waals surface area contributed by atoms with Crippen LogP contribution in [0.1, 0.15) is 27.0 Å². The average molecular weight is 285 g/mol. The van der Waals surface area contributed by atoms with Gasteiger partial charge in [0.2, 0.25) is 0 Å². The van der Waals surface area contributed by atoms with Gasteiger partial charge in [0.1, 0.15) is 23.7 Å². The van der Waals surface area contributed by atoms with Crippen molar-refractivity contribution in [3.8, 4) is 11.8 Å². The summed E-state index contributed by atoms with van der Waals surface area (Å²) in [5, 5.41) is 17.8. The zero-order chi connectivity index (χ0) is 15.4. The minimum atomic E-state index is -1.10. The Hall–Kier alpha value is -2.87. The molecule has 0 radical (unpaired) electrons. The highest BCUT2D eigenvalue weighted by Gasteiger charge is 2.12. The summed E-state index contributed by atoms with van der Waals surface area (Å²) in [5.41, 5.74) is 1.30. The molecular weight excluding hydrogens is 273 g/mol. The molecule has 1 N–H and O–H groups in total. The van der Waals surface area contributed by atoms with E-state index in [1.807, 2.05) is 6.07 Å². The summed E-state index contributed by atoms with van der Waals surface area (Å²) < 4.78 is 19.1. The van der Waals surface area contributed by atoms with E-state index in [0.29, 0.717) is 0 Å². The van der Waals surface area contributed by atoms with Crippen LogP contribution < -0.4 is 4.74 Å². The highest BCUT2D eigenvalue weighted by atomic mass is 19.1. The molecule has 0 aromatic heterocycles. The standard InChI is InChI=1S/C16H12FNO3/c1-10-2-5-15(13(6-10)16(19)20)21-9-12-4-3-11(8-18)7-14(12)17/h2-7H,9H2,1H3,(H,19,20). The van der Waals surface area contributed by atoms with E-state index in [0.717, 1.165) is 11.6 Å². The number of carbonyl (C=O) groups is 1. The summed E-state index contributed by atoms with van der Waals surface area (Å²) in [6, 6.07) is 10.6. The van der Waals surface area contributed by atoms with Gasteiger partial charge in [-0.05, 0) is 31.2 Å². The molecule has 0 spiro atoms. The maximum absolute atomic E-state index is 13.7. The quantitative estimate of drug-likeness (QED) is 0.935. The first kappa shape index (κ1) is 14.5. The maximum atomic E-state index is 13.7. The lowest BCUT2D eigenvalue weighted by Gasteiger charge is -2.10. The van der Waals surface area contributed by atoms with Crippen LogP contribution in [0, 0.1) is 24.1 Å². The normalized spacial score (nSPS) is 9.95. The van der Waals surface area contributed by atoms with Gasteiger partial charge in [-0.1, -0.05) is 17.7 Å². The van der Waals surface area contributed by atoms with Crippen LogP contribution in [0.4, 0.5) is 4.39 Å². The number of nitrogens with zero attached hydrogens (tertiary/aromatic N) is 1. The Morgan fingerprint density at radius 3 is 2.71 bits per heavy atom. The molecule has 0 saturated heterocycles. The van der Waals surface area contributed by atoms with Crippen LogP contribution in [0.15, 0.2) is 36.4 Å². The molecule has 0 saturated carbocycles. The Bertz CT molecular complexity index is 735. The maximum Gasteiger partial charge on any atom is 0.339 e. The molecule has 0 fully saturated rings. The number of carboxylic acid groups (broad SMARTS) is 1. The number of carboxylic acids is 1. The molecule has 0 aliphatic rings. The van der Waals surface area contributed by atoms with Crippen LogP contribution in [0.3, 0.4) is 0 Å². The van der Waals surface area contributed by atoms with Gasteiger partial charge in [-0.15, -0.1) is 0 Å². The van der Waals surface area contributed by atoms with Crippen LogP contribution in [0.25, 0.3) is 0 Å². The molecule has 0 atom stereocenters. The van der Waals surface area contributed by atoms with Gasteiger partial charge < -0.3 is 9.84 Å². The largest absolute Gasteiger partial charge is 0.488 e. The van der Waals surface area contributed by atoms with Crippen LogP contribution in [-0.2, 0) is 6.61 Å². The first-order valence-electron chi connectivity index (χ1n) is 6.16. The van der Waals surface area contributed by atoms with Crippen LogP contribution >= 0.6 is 0 Å². The summed E-state index contributed by atoms with van der Waals surface area (Å²) in [4.78, 5) is 11.1. The molecule has 0 heterocycles. The monoisotopic (exact) mass is 285 g/mol. The van der Waals surface area contributed by atoms with Crippen molar-refractivity contribution in [2.24, 2.45) is 0 Å². The number of benzene rings is 2. The van der Waals surface area contributed by atoms with Crippen molar-refractivity contribution in [2.75, 3.05) is 0 Å². The van der Waals surface area contributed by atoms with Crippen molar-refractivity contribution in [3.63, 3.8) is 0 Å². The van der Waals surface area contributed by atoms with Crippen molar-refractivity contribution in [1.29, 1.82) is 5.26 Å². The van der Waals surface area contributed by atoms with Gasteiger partial charge in [0, 0.05) is 5.56 Å². The lowest BCUT2D eigenvalue weighted by molar-refractivity contribution is 0.0691. The van der Waals surface area contributed by atoms with Crippen LogP contribution in [0.5, 0.6) is 5.75 Å². The van der Waals surface area contributed by atoms with E-state index < -0.39 is 11.8 Å². The SMILES string of the molecule is Cc1ccc(OCc2ccc(C#N)cc2F)c(C(=O)O)c1. The molecule has 0 bridgehead atoms. The van der Waals surface area contributed by atoms with E-state index in [-0.39, 0.29) is 29.0 Å². The third-order valence-corrected chi connectivity index (χ3v) is 2.93. The molecule has 0 unspecified atom stereocenters. The van der Waals surface area contributed by atoms with Crippen molar-refractivity contribution in [2.45, 2.75) is 13.5 Å². The number of hydrogen-bond acceptors (Lipinski definition) is 3. The number of ether oxygens (including phenoxy) is 1. The van der Waals surface area contributed by atoms with Crippen LogP contribution in [-0.4, -0.2) is 11.1 Å². The minimum Gasteiger partial charge on any atom is -0.488 e. The molecule has 2 rings (SSSR count). The highest BCUT2D eigenvalue weighted by molar-refractivity contribution is 5.91. The van der Waals surface area contributed by atoms with Gasteiger partial charge in [0.25, 0.3) is 0 Å². The first-order chi connectivity index (χ1) is 10.0. The lowest BCUT2D eigenvalue weighted by atomic mass is 10.1. The Morgan fingerprint density at radius 2 is 2.10 bits per heavy atom. The average Bonchev–Trinajstić information content (AvgIpc) is 2.46. The molecule has 0 aliphatic carbocycles. The van der Waals surface area contributed by atoms with Crippen molar-refractivity contribution in [1.82, 2.24) is 0 Å². The Labute approximate surface area is 121 Å². The number of nitriles is 1. The molecule has 21 heavy (non-hydrogen) atoms. The van der Waals surface area contributed by atoms with Gasteiger partial charge in [-0.25, -0.2) is 9.18 Å². The molecule has 106 valence electrons. The zero-order valence-electron chi connectivity index (χ0n) is 11.3. The van der Waals surface area contributed by atoms with Crippen molar-refractivity contribution in [3.05, 3.63) is 64.5 Å². The Morgan fingerprint density at radius 1 is 1.33 bits per heavy atom.